The summed E-state index contributed by atoms with van der Waals surface area (Å²) in [6.07, 6.45) is 2.97. The molecule has 1 aliphatic carbocycles. The molecular weight excluding hydrogens is 222 g/mol. The third kappa shape index (κ3) is 3.01. The average Bonchev–Trinajstić information content (AvgIpc) is 2.05. The number of halogens is 1. The van der Waals surface area contributed by atoms with Crippen LogP contribution in [0.5, 0.6) is 0 Å². The molecule has 0 spiro atoms. The molecule has 0 aromatic carbocycles. The average molecular weight is 235 g/mol. The van der Waals surface area contributed by atoms with E-state index in [1.54, 1.807) is 0 Å². The summed E-state index contributed by atoms with van der Waals surface area (Å²) in [7, 11) is 0. The maximum atomic E-state index is 10.2. The highest BCUT2D eigenvalue weighted by molar-refractivity contribution is 9.09. The first-order chi connectivity index (χ1) is 5.72. The van der Waals surface area contributed by atoms with Crippen LogP contribution in [0.25, 0.3) is 0 Å². The molecule has 0 atom stereocenters. The van der Waals surface area contributed by atoms with Crippen molar-refractivity contribution in [2.24, 2.45) is 5.92 Å². The number of alkyl halides is 1. The molecule has 0 unspecified atom stereocenters. The number of amides is 1. The Morgan fingerprint density at radius 1 is 1.42 bits per heavy atom. The molecule has 1 rings (SSSR count). The van der Waals surface area contributed by atoms with Crippen molar-refractivity contribution >= 4 is 22.0 Å². The molecular formula is C8H13BrNO2-. The molecule has 0 heterocycles. The lowest BCUT2D eigenvalue weighted by atomic mass is 9.87. The fourth-order valence-electron chi connectivity index (χ4n) is 1.63. The summed E-state index contributed by atoms with van der Waals surface area (Å²) in [5.74, 6) is 0.727. The van der Waals surface area contributed by atoms with Gasteiger partial charge in [-0.15, -0.1) is 0 Å². The summed E-state index contributed by atoms with van der Waals surface area (Å²) in [4.78, 5) is 10.2. The van der Waals surface area contributed by atoms with Gasteiger partial charge in [-0.05, 0) is 31.6 Å². The van der Waals surface area contributed by atoms with Crippen LogP contribution in [-0.4, -0.2) is 17.5 Å². The van der Waals surface area contributed by atoms with Gasteiger partial charge in [-0.2, -0.15) is 0 Å². The number of hydrogen-bond donors (Lipinski definition) is 1. The van der Waals surface area contributed by atoms with Gasteiger partial charge in [0.15, 0.2) is 0 Å². The fraction of sp³-hybridized carbons (Fsp3) is 0.875. The molecule has 70 valence electrons. The zero-order valence-corrected chi connectivity index (χ0v) is 8.47. The molecule has 1 aliphatic rings. The normalized spacial score (nSPS) is 29.8. The minimum atomic E-state index is -1.14. The molecule has 1 saturated carbocycles. The highest BCUT2D eigenvalue weighted by Crippen LogP contribution is 2.25. The van der Waals surface area contributed by atoms with Crippen molar-refractivity contribution in [3.05, 3.63) is 0 Å². The highest BCUT2D eigenvalue weighted by Gasteiger charge is 2.19. The van der Waals surface area contributed by atoms with Crippen LogP contribution in [0, 0.1) is 5.92 Å². The van der Waals surface area contributed by atoms with Crippen LogP contribution >= 0.6 is 15.9 Å². The number of carbonyl (C=O) groups excluding carboxylic acids is 1. The monoisotopic (exact) mass is 234 g/mol. The summed E-state index contributed by atoms with van der Waals surface area (Å²) in [5.41, 5.74) is 0. The van der Waals surface area contributed by atoms with Crippen LogP contribution in [-0.2, 0) is 0 Å². The summed E-state index contributed by atoms with van der Waals surface area (Å²) < 4.78 is 0. The van der Waals surface area contributed by atoms with Crippen LogP contribution < -0.4 is 10.4 Å². The Bertz CT molecular complexity index is 155. The zero-order chi connectivity index (χ0) is 8.97. The molecule has 1 amide bonds. The first-order valence-electron chi connectivity index (χ1n) is 4.26. The molecule has 1 fully saturated rings. The van der Waals surface area contributed by atoms with Gasteiger partial charge in [0.1, 0.15) is 6.09 Å². The summed E-state index contributed by atoms with van der Waals surface area (Å²) in [6, 6.07) is 0.130. The van der Waals surface area contributed by atoms with E-state index in [1.807, 2.05) is 0 Å². The van der Waals surface area contributed by atoms with Crippen molar-refractivity contribution in [2.75, 3.05) is 5.33 Å². The van der Waals surface area contributed by atoms with Gasteiger partial charge in [-0.1, -0.05) is 15.9 Å². The highest BCUT2D eigenvalue weighted by atomic mass is 79.9. The van der Waals surface area contributed by atoms with E-state index in [2.05, 4.69) is 21.2 Å². The second-order valence-corrected chi connectivity index (χ2v) is 3.95. The van der Waals surface area contributed by atoms with Gasteiger partial charge in [-0.3, -0.25) is 0 Å². The number of carboxylic acid groups (broad SMARTS) is 1. The number of nitrogens with one attached hydrogen (secondary N) is 1. The van der Waals surface area contributed by atoms with Crippen molar-refractivity contribution < 1.29 is 9.90 Å². The Kier molecular flexibility index (Phi) is 3.85. The van der Waals surface area contributed by atoms with E-state index in [1.165, 1.54) is 0 Å². The summed E-state index contributed by atoms with van der Waals surface area (Å²) in [6.45, 7) is 0. The maximum absolute atomic E-state index is 10.2. The van der Waals surface area contributed by atoms with Crippen LogP contribution in [0.4, 0.5) is 4.79 Å². The second kappa shape index (κ2) is 4.70. The molecule has 0 aliphatic heterocycles. The van der Waals surface area contributed by atoms with Crippen molar-refractivity contribution in [1.82, 2.24) is 5.32 Å². The fourth-order valence-corrected chi connectivity index (χ4v) is 2.28. The molecule has 0 saturated heterocycles. The third-order valence-corrected chi connectivity index (χ3v) is 3.30. The molecule has 3 nitrogen and oxygen atoms in total. The van der Waals surface area contributed by atoms with Crippen molar-refractivity contribution in [3.63, 3.8) is 0 Å². The largest absolute Gasteiger partial charge is 0.530 e. The van der Waals surface area contributed by atoms with Crippen LogP contribution in [0.2, 0.25) is 0 Å². The standard InChI is InChI=1S/C8H14BrNO2/c9-5-6-1-3-7(4-2-6)10-8(11)12/h6-7,10H,1-5H2,(H,11,12)/p-1. The maximum Gasteiger partial charge on any atom is 0.134 e. The number of hydrogen-bond acceptors (Lipinski definition) is 2. The van der Waals surface area contributed by atoms with Crippen LogP contribution in [0.1, 0.15) is 25.7 Å². The van der Waals surface area contributed by atoms with Gasteiger partial charge >= 0.3 is 0 Å². The molecule has 0 bridgehead atoms. The van der Waals surface area contributed by atoms with Gasteiger partial charge in [0.25, 0.3) is 0 Å². The molecule has 0 radical (unpaired) electrons. The predicted octanol–water partition coefficient (Wildman–Crippen LogP) is 0.873. The summed E-state index contributed by atoms with van der Waals surface area (Å²) >= 11 is 3.43. The Labute approximate surface area is 80.7 Å². The lowest BCUT2D eigenvalue weighted by molar-refractivity contribution is -0.251. The zero-order valence-electron chi connectivity index (χ0n) is 6.88. The Morgan fingerprint density at radius 3 is 2.42 bits per heavy atom. The molecule has 1 N–H and O–H groups in total. The Morgan fingerprint density at radius 2 is 2.00 bits per heavy atom. The smallest absolute Gasteiger partial charge is 0.134 e. The first-order valence-corrected chi connectivity index (χ1v) is 5.38. The predicted molar refractivity (Wildman–Crippen MR) is 48.1 cm³/mol. The number of rotatable bonds is 2. The van der Waals surface area contributed by atoms with E-state index >= 15 is 0 Å². The minimum Gasteiger partial charge on any atom is -0.530 e. The van der Waals surface area contributed by atoms with E-state index in [9.17, 15) is 9.90 Å². The van der Waals surface area contributed by atoms with Crippen LogP contribution in [0.15, 0.2) is 0 Å². The topological polar surface area (TPSA) is 52.2 Å². The van der Waals surface area contributed by atoms with Crippen molar-refractivity contribution in [2.45, 2.75) is 31.7 Å². The lowest BCUT2D eigenvalue weighted by Gasteiger charge is -2.28. The van der Waals surface area contributed by atoms with Gasteiger partial charge < -0.3 is 15.2 Å². The third-order valence-electron chi connectivity index (χ3n) is 2.39. The molecule has 12 heavy (non-hydrogen) atoms. The molecule has 0 aromatic heterocycles. The Balaban J connectivity index is 2.21. The van der Waals surface area contributed by atoms with E-state index in [-0.39, 0.29) is 6.04 Å². The van der Waals surface area contributed by atoms with E-state index < -0.39 is 6.09 Å². The second-order valence-electron chi connectivity index (χ2n) is 3.30. The summed E-state index contributed by atoms with van der Waals surface area (Å²) in [5, 5.41) is 13.6. The first kappa shape index (κ1) is 9.84. The van der Waals surface area contributed by atoms with E-state index in [0.717, 1.165) is 36.9 Å². The van der Waals surface area contributed by atoms with Gasteiger partial charge in [0, 0.05) is 11.4 Å². The van der Waals surface area contributed by atoms with Crippen LogP contribution in [0.3, 0.4) is 0 Å². The van der Waals surface area contributed by atoms with Gasteiger partial charge in [-0.25, -0.2) is 0 Å². The van der Waals surface area contributed by atoms with Gasteiger partial charge in [0.05, 0.1) is 0 Å². The minimum absolute atomic E-state index is 0.130. The van der Waals surface area contributed by atoms with E-state index in [4.69, 9.17) is 0 Å². The van der Waals surface area contributed by atoms with Crippen molar-refractivity contribution in [1.29, 1.82) is 0 Å². The van der Waals surface area contributed by atoms with Crippen molar-refractivity contribution in [3.8, 4) is 0 Å². The molecule has 0 aromatic rings. The Hall–Kier alpha value is -0.250. The van der Waals surface area contributed by atoms with E-state index in [0.29, 0.717) is 0 Å². The SMILES string of the molecule is O=C([O-])NC1CCC(CBr)CC1. The quantitative estimate of drug-likeness (QED) is 0.722. The molecule has 4 heteroatoms. The number of carbonyl (C=O) groups is 1. The lowest BCUT2D eigenvalue weighted by Crippen LogP contribution is -2.44. The van der Waals surface area contributed by atoms with Gasteiger partial charge in [0.2, 0.25) is 0 Å².